The lowest BCUT2D eigenvalue weighted by molar-refractivity contribution is -0.143. The van der Waals surface area contributed by atoms with Crippen molar-refractivity contribution in [3.05, 3.63) is 28.8 Å². The third-order valence-corrected chi connectivity index (χ3v) is 3.78. The summed E-state index contributed by atoms with van der Waals surface area (Å²) in [5, 5.41) is 1.95. The molecule has 2 rings (SSSR count). The van der Waals surface area contributed by atoms with Crippen LogP contribution in [0.15, 0.2) is 18.2 Å². The molecule has 0 spiro atoms. The van der Waals surface area contributed by atoms with E-state index in [4.69, 9.17) is 11.6 Å². The summed E-state index contributed by atoms with van der Waals surface area (Å²) in [5.74, 6) is -3.20. The Balaban J connectivity index is 2.13. The Hall–Kier alpha value is -2.62. The predicted octanol–water partition coefficient (Wildman–Crippen LogP) is 2.50. The molecule has 1 aliphatic heterocycles. The fourth-order valence-electron chi connectivity index (χ4n) is 2.24. The van der Waals surface area contributed by atoms with Gasteiger partial charge in [-0.3, -0.25) is 19.3 Å². The van der Waals surface area contributed by atoms with Crippen LogP contribution in [-0.4, -0.2) is 46.6 Å². The highest BCUT2D eigenvalue weighted by Crippen LogP contribution is 2.33. The Bertz CT molecular complexity index is 782. The first-order valence-electron chi connectivity index (χ1n) is 7.40. The molecule has 1 aromatic carbocycles. The molecule has 26 heavy (non-hydrogen) atoms. The minimum atomic E-state index is -4.64. The van der Waals surface area contributed by atoms with E-state index in [1.54, 1.807) is 6.92 Å². The normalized spacial score (nSPS) is 15.0. The lowest BCUT2D eigenvalue weighted by Crippen LogP contribution is -2.39. The summed E-state index contributed by atoms with van der Waals surface area (Å²) in [7, 11) is 0. The zero-order valence-electron chi connectivity index (χ0n) is 13.4. The number of nitrogens with one attached hydrogen (secondary N) is 1. The molecule has 0 bridgehead atoms. The number of anilines is 1. The van der Waals surface area contributed by atoms with Gasteiger partial charge in [0.1, 0.15) is 6.54 Å². The molecule has 1 aliphatic rings. The van der Waals surface area contributed by atoms with Crippen molar-refractivity contribution in [2.45, 2.75) is 19.5 Å². The number of hydrogen-bond acceptors (Lipinski definition) is 4. The number of rotatable bonds is 5. The highest BCUT2D eigenvalue weighted by atomic mass is 35.5. The molecule has 0 saturated carbocycles. The second-order valence-electron chi connectivity index (χ2n) is 5.37. The number of nitrogens with zero attached hydrogens (tertiary/aromatic N) is 2. The van der Waals surface area contributed by atoms with E-state index in [2.05, 4.69) is 5.32 Å². The van der Waals surface area contributed by atoms with Crippen LogP contribution in [0.3, 0.4) is 0 Å². The lowest BCUT2D eigenvalue weighted by atomic mass is 10.2. The van der Waals surface area contributed by atoms with E-state index in [0.717, 1.165) is 12.1 Å². The van der Waals surface area contributed by atoms with Gasteiger partial charge in [-0.05, 0) is 24.6 Å². The van der Waals surface area contributed by atoms with E-state index < -0.39 is 42.0 Å². The Morgan fingerprint density at radius 1 is 1.15 bits per heavy atom. The number of carbonyl (C=O) groups excluding carboxylic acids is 4. The largest absolute Gasteiger partial charge is 0.416 e. The zero-order chi connectivity index (χ0) is 19.6. The quantitative estimate of drug-likeness (QED) is 0.617. The summed E-state index contributed by atoms with van der Waals surface area (Å²) in [6.07, 6.45) is -4.22. The van der Waals surface area contributed by atoms with E-state index in [1.807, 2.05) is 0 Å². The molecule has 11 heteroatoms. The van der Waals surface area contributed by atoms with Crippen LogP contribution in [-0.2, 0) is 20.6 Å². The summed E-state index contributed by atoms with van der Waals surface area (Å²) >= 11 is 5.76. The molecule has 1 heterocycles. The van der Waals surface area contributed by atoms with Gasteiger partial charge in [-0.15, -0.1) is 0 Å². The molecule has 1 N–H and O–H groups in total. The van der Waals surface area contributed by atoms with Crippen LogP contribution >= 0.6 is 11.6 Å². The van der Waals surface area contributed by atoms with E-state index in [9.17, 15) is 32.3 Å². The fraction of sp³-hybridized carbons (Fsp3) is 0.333. The minimum absolute atomic E-state index is 0.0149. The van der Waals surface area contributed by atoms with Gasteiger partial charge in [-0.1, -0.05) is 18.5 Å². The van der Waals surface area contributed by atoms with Gasteiger partial charge in [0.2, 0.25) is 5.91 Å². The molecule has 0 atom stereocenters. The average Bonchev–Trinajstić information content (AvgIpc) is 2.74. The molecule has 1 saturated heterocycles. The second-order valence-corrected chi connectivity index (χ2v) is 5.78. The molecular formula is C15H13ClF3N3O4. The molecular weight excluding hydrogens is 379 g/mol. The lowest BCUT2D eigenvalue weighted by Gasteiger charge is -2.15. The number of urea groups is 1. The van der Waals surface area contributed by atoms with Crippen molar-refractivity contribution in [2.24, 2.45) is 0 Å². The van der Waals surface area contributed by atoms with Gasteiger partial charge < -0.3 is 5.32 Å². The molecule has 0 aliphatic carbocycles. The zero-order valence-corrected chi connectivity index (χ0v) is 14.1. The van der Waals surface area contributed by atoms with E-state index in [0.29, 0.717) is 22.3 Å². The van der Waals surface area contributed by atoms with Gasteiger partial charge in [0.25, 0.3) is 0 Å². The molecule has 0 unspecified atom stereocenters. The monoisotopic (exact) mass is 391 g/mol. The Labute approximate surface area is 150 Å². The number of amides is 5. The number of halogens is 4. The van der Waals surface area contributed by atoms with Crippen molar-refractivity contribution in [1.82, 2.24) is 9.80 Å². The van der Waals surface area contributed by atoms with Gasteiger partial charge in [0, 0.05) is 6.54 Å². The van der Waals surface area contributed by atoms with Gasteiger partial charge in [0.05, 0.1) is 16.3 Å². The summed E-state index contributed by atoms with van der Waals surface area (Å²) in [5.41, 5.74) is -1.36. The highest BCUT2D eigenvalue weighted by Gasteiger charge is 2.44. The molecule has 0 aromatic heterocycles. The Kier molecular flexibility index (Phi) is 5.55. The Morgan fingerprint density at radius 3 is 2.35 bits per heavy atom. The van der Waals surface area contributed by atoms with Gasteiger partial charge >= 0.3 is 24.0 Å². The maximum Gasteiger partial charge on any atom is 0.416 e. The predicted molar refractivity (Wildman–Crippen MR) is 84.2 cm³/mol. The standard InChI is InChI=1S/C15H13ClF3N3O4/c1-2-5-21-12(24)13(25)22(14(21)26)7-11(23)20-10-6-8(15(17,18)19)3-4-9(10)16/h3-4,6H,2,5,7H2,1H3,(H,20,23). The number of benzene rings is 1. The molecule has 7 nitrogen and oxygen atoms in total. The molecule has 1 aromatic rings. The minimum Gasteiger partial charge on any atom is -0.323 e. The van der Waals surface area contributed by atoms with Gasteiger partial charge in [0.15, 0.2) is 0 Å². The third kappa shape index (κ3) is 3.96. The summed E-state index contributed by atoms with van der Waals surface area (Å²) in [6.45, 7) is 0.882. The number of imide groups is 2. The van der Waals surface area contributed by atoms with E-state index in [-0.39, 0.29) is 17.3 Å². The topological polar surface area (TPSA) is 86.8 Å². The van der Waals surface area contributed by atoms with Crippen LogP contribution in [0.2, 0.25) is 5.02 Å². The van der Waals surface area contributed by atoms with Crippen LogP contribution in [0.1, 0.15) is 18.9 Å². The summed E-state index contributed by atoms with van der Waals surface area (Å²) < 4.78 is 38.2. The molecule has 1 fully saturated rings. The highest BCUT2D eigenvalue weighted by molar-refractivity contribution is 6.45. The van der Waals surface area contributed by atoms with E-state index >= 15 is 0 Å². The third-order valence-electron chi connectivity index (χ3n) is 3.45. The summed E-state index contributed by atoms with van der Waals surface area (Å²) in [4.78, 5) is 48.7. The fourth-order valence-corrected chi connectivity index (χ4v) is 2.41. The van der Waals surface area contributed by atoms with Gasteiger partial charge in [-0.2, -0.15) is 13.2 Å². The Morgan fingerprint density at radius 2 is 1.77 bits per heavy atom. The van der Waals surface area contributed by atoms with Crippen molar-refractivity contribution in [3.8, 4) is 0 Å². The van der Waals surface area contributed by atoms with Crippen molar-refractivity contribution < 1.29 is 32.3 Å². The number of alkyl halides is 3. The van der Waals surface area contributed by atoms with Crippen LogP contribution < -0.4 is 5.32 Å². The average molecular weight is 392 g/mol. The SMILES string of the molecule is CCCN1C(=O)C(=O)N(CC(=O)Nc2cc(C(F)(F)F)ccc2Cl)C1=O. The first-order chi connectivity index (χ1) is 12.1. The van der Waals surface area contributed by atoms with Crippen LogP contribution in [0.25, 0.3) is 0 Å². The van der Waals surface area contributed by atoms with Crippen LogP contribution in [0, 0.1) is 0 Å². The first-order valence-corrected chi connectivity index (χ1v) is 7.78. The number of hydrogen-bond donors (Lipinski definition) is 1. The second kappa shape index (κ2) is 7.32. The first kappa shape index (κ1) is 19.7. The summed E-state index contributed by atoms with van der Waals surface area (Å²) in [6, 6.07) is 1.38. The number of carbonyl (C=O) groups is 4. The maximum absolute atomic E-state index is 12.7. The molecule has 140 valence electrons. The van der Waals surface area contributed by atoms with Crippen molar-refractivity contribution in [1.29, 1.82) is 0 Å². The maximum atomic E-state index is 12.7. The van der Waals surface area contributed by atoms with Crippen molar-refractivity contribution in [3.63, 3.8) is 0 Å². The van der Waals surface area contributed by atoms with Crippen molar-refractivity contribution >= 4 is 41.0 Å². The van der Waals surface area contributed by atoms with E-state index in [1.165, 1.54) is 0 Å². The molecule has 0 radical (unpaired) electrons. The van der Waals surface area contributed by atoms with Crippen LogP contribution in [0.5, 0.6) is 0 Å². The molecule has 5 amide bonds. The smallest absolute Gasteiger partial charge is 0.323 e. The van der Waals surface area contributed by atoms with Crippen molar-refractivity contribution in [2.75, 3.05) is 18.4 Å². The van der Waals surface area contributed by atoms with Gasteiger partial charge in [-0.25, -0.2) is 9.69 Å². The van der Waals surface area contributed by atoms with Crippen LogP contribution in [0.4, 0.5) is 23.7 Å².